The molecule has 0 radical (unpaired) electrons. The average Bonchev–Trinajstić information content (AvgIpc) is 2.35. The van der Waals surface area contributed by atoms with E-state index in [1.165, 1.54) is 0 Å². The SMILES string of the molecule is CC(C)(C)C(C)(c1ccc2c(Cl)cccc2n1)C(C)(C)C. The second-order valence-electron chi connectivity index (χ2n) is 8.13. The van der Waals surface area contributed by atoms with E-state index in [4.69, 9.17) is 16.6 Å². The van der Waals surface area contributed by atoms with E-state index in [1.54, 1.807) is 0 Å². The molecule has 114 valence electrons. The summed E-state index contributed by atoms with van der Waals surface area (Å²) in [7, 11) is 0. The highest BCUT2D eigenvalue weighted by molar-refractivity contribution is 6.35. The third kappa shape index (κ3) is 2.57. The van der Waals surface area contributed by atoms with Gasteiger partial charge < -0.3 is 0 Å². The molecule has 0 aliphatic carbocycles. The molecule has 0 unspecified atom stereocenters. The van der Waals surface area contributed by atoms with Crippen LogP contribution in [0.2, 0.25) is 5.02 Å². The summed E-state index contributed by atoms with van der Waals surface area (Å²) in [6.45, 7) is 16.1. The minimum atomic E-state index is -0.0451. The third-order valence-corrected chi connectivity index (χ3v) is 5.52. The molecule has 0 amide bonds. The third-order valence-electron chi connectivity index (χ3n) is 5.19. The highest BCUT2D eigenvalue weighted by Crippen LogP contribution is 2.52. The average molecular weight is 304 g/mol. The van der Waals surface area contributed by atoms with Gasteiger partial charge in [0.25, 0.3) is 0 Å². The Kier molecular flexibility index (Phi) is 3.87. The summed E-state index contributed by atoms with van der Waals surface area (Å²) in [4.78, 5) is 4.96. The largest absolute Gasteiger partial charge is 0.252 e. The molecule has 1 heterocycles. The van der Waals surface area contributed by atoms with Gasteiger partial charge in [0.1, 0.15) is 0 Å². The van der Waals surface area contributed by atoms with Gasteiger partial charge in [-0.05, 0) is 35.1 Å². The van der Waals surface area contributed by atoms with Gasteiger partial charge in [0, 0.05) is 21.5 Å². The van der Waals surface area contributed by atoms with Crippen LogP contribution in [-0.4, -0.2) is 4.98 Å². The number of rotatable bonds is 1. The summed E-state index contributed by atoms with van der Waals surface area (Å²) in [6.07, 6.45) is 0. The fourth-order valence-electron chi connectivity index (χ4n) is 3.29. The Morgan fingerprint density at radius 3 is 1.90 bits per heavy atom. The number of aromatic nitrogens is 1. The van der Waals surface area contributed by atoms with Gasteiger partial charge in [-0.25, -0.2) is 0 Å². The molecular weight excluding hydrogens is 278 g/mol. The molecular formula is C19H26ClN. The van der Waals surface area contributed by atoms with Crippen molar-refractivity contribution >= 4 is 22.5 Å². The van der Waals surface area contributed by atoms with Crippen LogP contribution in [-0.2, 0) is 5.41 Å². The molecule has 0 saturated heterocycles. The lowest BCUT2D eigenvalue weighted by Crippen LogP contribution is -2.48. The topological polar surface area (TPSA) is 12.9 Å². The molecule has 0 aliphatic rings. The maximum Gasteiger partial charge on any atom is 0.0720 e. The highest BCUT2D eigenvalue weighted by atomic mass is 35.5. The number of hydrogen-bond donors (Lipinski definition) is 0. The van der Waals surface area contributed by atoms with Gasteiger partial charge in [-0.15, -0.1) is 0 Å². The Morgan fingerprint density at radius 1 is 0.810 bits per heavy atom. The van der Waals surface area contributed by atoms with Crippen LogP contribution in [0.3, 0.4) is 0 Å². The minimum absolute atomic E-state index is 0.0451. The van der Waals surface area contributed by atoms with Crippen LogP contribution in [0.4, 0.5) is 0 Å². The van der Waals surface area contributed by atoms with E-state index in [2.05, 4.69) is 60.6 Å². The maximum absolute atomic E-state index is 6.26. The Hall–Kier alpha value is -1.08. The van der Waals surface area contributed by atoms with Crippen LogP contribution in [0.15, 0.2) is 30.3 Å². The lowest BCUT2D eigenvalue weighted by Gasteiger charge is -2.51. The number of hydrogen-bond acceptors (Lipinski definition) is 1. The number of benzene rings is 1. The first-order valence-corrected chi connectivity index (χ1v) is 7.92. The zero-order valence-corrected chi connectivity index (χ0v) is 15.0. The molecule has 0 atom stereocenters. The summed E-state index contributed by atoms with van der Waals surface area (Å²) in [5.74, 6) is 0. The van der Waals surface area contributed by atoms with Gasteiger partial charge >= 0.3 is 0 Å². The molecule has 0 N–H and O–H groups in total. The molecule has 0 aliphatic heterocycles. The van der Waals surface area contributed by atoms with E-state index in [0.29, 0.717) is 0 Å². The van der Waals surface area contributed by atoms with Crippen molar-refractivity contribution in [3.05, 3.63) is 41.0 Å². The van der Waals surface area contributed by atoms with Crippen molar-refractivity contribution in [2.75, 3.05) is 0 Å². The van der Waals surface area contributed by atoms with Crippen molar-refractivity contribution in [3.63, 3.8) is 0 Å². The van der Waals surface area contributed by atoms with Gasteiger partial charge in [-0.3, -0.25) is 4.98 Å². The van der Waals surface area contributed by atoms with Gasteiger partial charge in [0.15, 0.2) is 0 Å². The summed E-state index contributed by atoms with van der Waals surface area (Å²) in [6, 6.07) is 10.2. The summed E-state index contributed by atoms with van der Waals surface area (Å²) >= 11 is 6.26. The number of halogens is 1. The second-order valence-corrected chi connectivity index (χ2v) is 8.54. The van der Waals surface area contributed by atoms with E-state index < -0.39 is 0 Å². The Balaban J connectivity index is 2.73. The maximum atomic E-state index is 6.26. The fraction of sp³-hybridized carbons (Fsp3) is 0.526. The number of fused-ring (bicyclic) bond motifs is 1. The predicted octanol–water partition coefficient (Wildman–Crippen LogP) is 6.24. The minimum Gasteiger partial charge on any atom is -0.252 e. The quantitative estimate of drug-likeness (QED) is 0.608. The van der Waals surface area contributed by atoms with Gasteiger partial charge in [-0.1, -0.05) is 66.1 Å². The van der Waals surface area contributed by atoms with Gasteiger partial charge in [-0.2, -0.15) is 0 Å². The molecule has 2 aromatic rings. The van der Waals surface area contributed by atoms with E-state index >= 15 is 0 Å². The van der Waals surface area contributed by atoms with E-state index in [1.807, 2.05) is 18.2 Å². The summed E-state index contributed by atoms with van der Waals surface area (Å²) in [5, 5.41) is 1.79. The number of pyridine rings is 1. The molecule has 1 aromatic heterocycles. The van der Waals surface area contributed by atoms with Crippen LogP contribution < -0.4 is 0 Å². The monoisotopic (exact) mass is 303 g/mol. The first kappa shape index (κ1) is 16.3. The molecule has 21 heavy (non-hydrogen) atoms. The van der Waals surface area contributed by atoms with Crippen molar-refractivity contribution in [2.45, 2.75) is 53.9 Å². The molecule has 2 heteroatoms. The molecule has 0 bridgehead atoms. The molecule has 2 rings (SSSR count). The first-order valence-electron chi connectivity index (χ1n) is 7.54. The molecule has 1 nitrogen and oxygen atoms in total. The number of nitrogens with zero attached hydrogens (tertiary/aromatic N) is 1. The standard InChI is InChI=1S/C19H26ClN/c1-17(2,3)19(7,18(4,5)6)16-12-11-13-14(20)9-8-10-15(13)21-16/h8-12H,1-7H3. The smallest absolute Gasteiger partial charge is 0.0720 e. The Bertz CT molecular complexity index is 645. The van der Waals surface area contributed by atoms with E-state index in [0.717, 1.165) is 21.6 Å². The lowest BCUT2D eigenvalue weighted by atomic mass is 9.53. The molecule has 0 saturated carbocycles. The zero-order chi connectivity index (χ0) is 16.1. The Morgan fingerprint density at radius 2 is 1.38 bits per heavy atom. The van der Waals surface area contributed by atoms with Gasteiger partial charge in [0.05, 0.1) is 5.52 Å². The Labute approximate surface area is 133 Å². The van der Waals surface area contributed by atoms with Crippen molar-refractivity contribution < 1.29 is 0 Å². The van der Waals surface area contributed by atoms with Crippen molar-refractivity contribution in [3.8, 4) is 0 Å². The van der Waals surface area contributed by atoms with Crippen LogP contribution in [0.25, 0.3) is 10.9 Å². The lowest BCUT2D eigenvalue weighted by molar-refractivity contribution is 0.0656. The van der Waals surface area contributed by atoms with Crippen molar-refractivity contribution in [1.82, 2.24) is 4.98 Å². The normalized spacial score (nSPS) is 13.7. The van der Waals surface area contributed by atoms with Crippen molar-refractivity contribution in [1.29, 1.82) is 0 Å². The highest BCUT2D eigenvalue weighted by Gasteiger charge is 2.48. The summed E-state index contributed by atoms with van der Waals surface area (Å²) in [5.41, 5.74) is 2.27. The predicted molar refractivity (Wildman–Crippen MR) is 93.0 cm³/mol. The second kappa shape index (κ2) is 4.98. The first-order chi connectivity index (χ1) is 9.48. The van der Waals surface area contributed by atoms with Crippen LogP contribution in [0.1, 0.15) is 54.2 Å². The molecule has 0 fully saturated rings. The van der Waals surface area contributed by atoms with Crippen LogP contribution >= 0.6 is 11.6 Å². The van der Waals surface area contributed by atoms with E-state index in [-0.39, 0.29) is 16.2 Å². The van der Waals surface area contributed by atoms with Gasteiger partial charge in [0.2, 0.25) is 0 Å². The molecule has 1 aromatic carbocycles. The van der Waals surface area contributed by atoms with E-state index in [9.17, 15) is 0 Å². The van der Waals surface area contributed by atoms with Crippen LogP contribution in [0.5, 0.6) is 0 Å². The zero-order valence-electron chi connectivity index (χ0n) is 14.2. The van der Waals surface area contributed by atoms with Crippen LogP contribution in [0, 0.1) is 10.8 Å². The van der Waals surface area contributed by atoms with Crippen molar-refractivity contribution in [2.24, 2.45) is 10.8 Å². The molecule has 0 spiro atoms. The fourth-order valence-corrected chi connectivity index (χ4v) is 3.52. The summed E-state index contributed by atoms with van der Waals surface area (Å²) < 4.78 is 0.